The van der Waals surface area contributed by atoms with Crippen molar-refractivity contribution >= 4 is 16.6 Å². The molecule has 0 aliphatic carbocycles. The molecule has 0 atom stereocenters. The minimum absolute atomic E-state index is 0.625. The van der Waals surface area contributed by atoms with Crippen LogP contribution in [0.3, 0.4) is 0 Å². The van der Waals surface area contributed by atoms with E-state index in [1.165, 1.54) is 5.69 Å². The SMILES string of the molecule is CC(C)Cc1[nH]nc2ccc(N)cc12. The van der Waals surface area contributed by atoms with Crippen molar-refractivity contribution in [1.82, 2.24) is 10.2 Å². The van der Waals surface area contributed by atoms with E-state index in [2.05, 4.69) is 24.0 Å². The van der Waals surface area contributed by atoms with E-state index in [4.69, 9.17) is 5.73 Å². The van der Waals surface area contributed by atoms with Gasteiger partial charge in [0.2, 0.25) is 0 Å². The first-order valence-electron chi connectivity index (χ1n) is 4.89. The highest BCUT2D eigenvalue weighted by Crippen LogP contribution is 2.20. The van der Waals surface area contributed by atoms with Gasteiger partial charge in [-0.05, 0) is 30.5 Å². The van der Waals surface area contributed by atoms with Crippen LogP contribution in [0.2, 0.25) is 0 Å². The molecule has 14 heavy (non-hydrogen) atoms. The zero-order valence-corrected chi connectivity index (χ0v) is 8.54. The number of aromatic amines is 1. The van der Waals surface area contributed by atoms with Gasteiger partial charge in [-0.2, -0.15) is 5.10 Å². The van der Waals surface area contributed by atoms with Crippen molar-refractivity contribution in [2.75, 3.05) is 5.73 Å². The number of nitrogen functional groups attached to an aromatic ring is 1. The van der Waals surface area contributed by atoms with E-state index in [0.29, 0.717) is 5.92 Å². The lowest BCUT2D eigenvalue weighted by Crippen LogP contribution is -1.94. The predicted molar refractivity (Wildman–Crippen MR) is 59.0 cm³/mol. The molecule has 0 aliphatic rings. The van der Waals surface area contributed by atoms with E-state index >= 15 is 0 Å². The van der Waals surface area contributed by atoms with Crippen molar-refractivity contribution < 1.29 is 0 Å². The second-order valence-corrected chi connectivity index (χ2v) is 4.08. The number of rotatable bonds is 2. The molecule has 0 radical (unpaired) electrons. The molecule has 3 nitrogen and oxygen atoms in total. The molecule has 0 amide bonds. The number of hydrogen-bond acceptors (Lipinski definition) is 2. The fourth-order valence-electron chi connectivity index (χ4n) is 1.64. The van der Waals surface area contributed by atoms with Crippen molar-refractivity contribution in [1.29, 1.82) is 0 Å². The van der Waals surface area contributed by atoms with Crippen molar-refractivity contribution in [3.05, 3.63) is 23.9 Å². The van der Waals surface area contributed by atoms with Crippen LogP contribution in [0.5, 0.6) is 0 Å². The Morgan fingerprint density at radius 1 is 1.43 bits per heavy atom. The molecule has 0 unspecified atom stereocenters. The summed E-state index contributed by atoms with van der Waals surface area (Å²) in [5, 5.41) is 8.45. The first-order chi connectivity index (χ1) is 6.66. The van der Waals surface area contributed by atoms with Gasteiger partial charge in [0.15, 0.2) is 0 Å². The number of H-pyrrole nitrogens is 1. The molecule has 1 aromatic heterocycles. The smallest absolute Gasteiger partial charge is 0.0925 e. The summed E-state index contributed by atoms with van der Waals surface area (Å²) < 4.78 is 0. The first-order valence-corrected chi connectivity index (χ1v) is 4.89. The molecule has 2 aromatic rings. The Balaban J connectivity index is 2.50. The first kappa shape index (κ1) is 9.06. The summed E-state index contributed by atoms with van der Waals surface area (Å²) in [5.41, 5.74) is 8.71. The second-order valence-electron chi connectivity index (χ2n) is 4.08. The zero-order chi connectivity index (χ0) is 10.1. The standard InChI is InChI=1S/C11H15N3/c1-7(2)5-11-9-6-8(12)3-4-10(9)13-14-11/h3-4,6-7H,5,12H2,1-2H3,(H,13,14). The lowest BCUT2D eigenvalue weighted by atomic mass is 10.1. The van der Waals surface area contributed by atoms with E-state index in [0.717, 1.165) is 23.0 Å². The van der Waals surface area contributed by atoms with Crippen molar-refractivity contribution in [3.8, 4) is 0 Å². The minimum Gasteiger partial charge on any atom is -0.399 e. The average Bonchev–Trinajstić information content (AvgIpc) is 2.47. The van der Waals surface area contributed by atoms with Crippen molar-refractivity contribution in [3.63, 3.8) is 0 Å². The van der Waals surface area contributed by atoms with Gasteiger partial charge in [-0.3, -0.25) is 5.10 Å². The molecule has 2 rings (SSSR count). The number of fused-ring (bicyclic) bond motifs is 1. The van der Waals surface area contributed by atoms with Crippen LogP contribution in [-0.2, 0) is 6.42 Å². The number of nitrogens with zero attached hydrogens (tertiary/aromatic N) is 1. The topological polar surface area (TPSA) is 54.7 Å². The van der Waals surface area contributed by atoms with Crippen LogP contribution in [0, 0.1) is 5.92 Å². The second kappa shape index (κ2) is 3.33. The van der Waals surface area contributed by atoms with Gasteiger partial charge in [-0.1, -0.05) is 13.8 Å². The third-order valence-corrected chi connectivity index (χ3v) is 2.27. The van der Waals surface area contributed by atoms with Crippen LogP contribution in [0.15, 0.2) is 18.2 Å². The summed E-state index contributed by atoms with van der Waals surface area (Å²) in [6.07, 6.45) is 1.01. The Labute approximate surface area is 83.3 Å². The molecular formula is C11H15N3. The molecule has 0 fully saturated rings. The highest BCUT2D eigenvalue weighted by Gasteiger charge is 2.06. The van der Waals surface area contributed by atoms with Gasteiger partial charge < -0.3 is 5.73 Å². The van der Waals surface area contributed by atoms with Gasteiger partial charge in [0.1, 0.15) is 0 Å². The van der Waals surface area contributed by atoms with Gasteiger partial charge in [-0.25, -0.2) is 0 Å². The highest BCUT2D eigenvalue weighted by atomic mass is 15.1. The summed E-state index contributed by atoms with van der Waals surface area (Å²) >= 11 is 0. The summed E-state index contributed by atoms with van der Waals surface area (Å²) in [6.45, 7) is 4.39. The lowest BCUT2D eigenvalue weighted by Gasteiger charge is -2.02. The van der Waals surface area contributed by atoms with Gasteiger partial charge in [-0.15, -0.1) is 0 Å². The quantitative estimate of drug-likeness (QED) is 0.712. The molecular weight excluding hydrogens is 174 g/mol. The number of aromatic nitrogens is 2. The summed E-state index contributed by atoms with van der Waals surface area (Å²) in [5.74, 6) is 0.625. The number of nitrogens with one attached hydrogen (secondary N) is 1. The summed E-state index contributed by atoms with van der Waals surface area (Å²) in [6, 6.07) is 5.81. The van der Waals surface area contributed by atoms with Crippen LogP contribution in [0.25, 0.3) is 10.9 Å². The molecule has 74 valence electrons. The minimum atomic E-state index is 0.625. The van der Waals surface area contributed by atoms with Crippen molar-refractivity contribution in [2.45, 2.75) is 20.3 Å². The van der Waals surface area contributed by atoms with E-state index in [-0.39, 0.29) is 0 Å². The molecule has 0 aliphatic heterocycles. The van der Waals surface area contributed by atoms with E-state index in [9.17, 15) is 0 Å². The van der Waals surface area contributed by atoms with Crippen molar-refractivity contribution in [2.24, 2.45) is 5.92 Å². The fraction of sp³-hybridized carbons (Fsp3) is 0.364. The molecule has 3 heteroatoms. The Morgan fingerprint density at radius 2 is 2.21 bits per heavy atom. The Kier molecular flexibility index (Phi) is 2.15. The molecule has 1 heterocycles. The summed E-state index contributed by atoms with van der Waals surface area (Å²) in [7, 11) is 0. The van der Waals surface area contributed by atoms with E-state index < -0.39 is 0 Å². The number of benzene rings is 1. The molecule has 3 N–H and O–H groups in total. The van der Waals surface area contributed by atoms with Crippen LogP contribution in [0.4, 0.5) is 5.69 Å². The highest BCUT2D eigenvalue weighted by molar-refractivity contribution is 5.84. The van der Waals surface area contributed by atoms with Gasteiger partial charge in [0.05, 0.1) is 5.52 Å². The lowest BCUT2D eigenvalue weighted by molar-refractivity contribution is 0.636. The van der Waals surface area contributed by atoms with Crippen LogP contribution < -0.4 is 5.73 Å². The Morgan fingerprint density at radius 3 is 2.93 bits per heavy atom. The van der Waals surface area contributed by atoms with Gasteiger partial charge in [0.25, 0.3) is 0 Å². The maximum atomic E-state index is 5.74. The Hall–Kier alpha value is -1.51. The van der Waals surface area contributed by atoms with Crippen LogP contribution in [0.1, 0.15) is 19.5 Å². The molecule has 1 aromatic carbocycles. The number of anilines is 1. The molecule has 0 spiro atoms. The van der Waals surface area contributed by atoms with Gasteiger partial charge in [0, 0.05) is 16.8 Å². The fourth-order valence-corrected chi connectivity index (χ4v) is 1.64. The largest absolute Gasteiger partial charge is 0.399 e. The molecule has 0 saturated heterocycles. The average molecular weight is 189 g/mol. The predicted octanol–water partition coefficient (Wildman–Crippen LogP) is 2.34. The molecule has 0 bridgehead atoms. The van der Waals surface area contributed by atoms with E-state index in [1.54, 1.807) is 0 Å². The van der Waals surface area contributed by atoms with Crippen LogP contribution >= 0.6 is 0 Å². The maximum absolute atomic E-state index is 5.74. The normalized spacial score (nSPS) is 11.4. The zero-order valence-electron chi connectivity index (χ0n) is 8.54. The Bertz CT molecular complexity index is 443. The number of hydrogen-bond donors (Lipinski definition) is 2. The maximum Gasteiger partial charge on any atom is 0.0925 e. The third-order valence-electron chi connectivity index (χ3n) is 2.27. The third kappa shape index (κ3) is 1.58. The summed E-state index contributed by atoms with van der Waals surface area (Å²) in [4.78, 5) is 0. The van der Waals surface area contributed by atoms with Crippen LogP contribution in [-0.4, -0.2) is 10.2 Å². The molecule has 0 saturated carbocycles. The van der Waals surface area contributed by atoms with Gasteiger partial charge >= 0.3 is 0 Å². The number of nitrogens with two attached hydrogens (primary N) is 1. The van der Waals surface area contributed by atoms with E-state index in [1.807, 2.05) is 18.2 Å². The monoisotopic (exact) mass is 189 g/mol.